The molecule has 1 aliphatic heterocycles. The van der Waals surface area contributed by atoms with E-state index in [-0.39, 0.29) is 24.0 Å². The van der Waals surface area contributed by atoms with E-state index >= 15 is 0 Å². The zero-order chi connectivity index (χ0) is 20.1. The number of halogens is 1. The molecular formula is C20H29IN4O2S2. The van der Waals surface area contributed by atoms with E-state index in [1.54, 1.807) is 13.1 Å². The van der Waals surface area contributed by atoms with Crippen molar-refractivity contribution in [1.82, 2.24) is 9.62 Å². The zero-order valence-corrected chi connectivity index (χ0v) is 21.1. The van der Waals surface area contributed by atoms with Crippen LogP contribution in [0.25, 0.3) is 0 Å². The Labute approximate surface area is 195 Å². The zero-order valence-electron chi connectivity index (χ0n) is 17.1. The molecule has 0 aliphatic carbocycles. The molecule has 1 aliphatic rings. The summed E-state index contributed by atoms with van der Waals surface area (Å²) in [6.45, 7) is 6.33. The summed E-state index contributed by atoms with van der Waals surface area (Å²) in [4.78, 5) is 7.68. The maximum Gasteiger partial charge on any atom is 0.252 e. The molecule has 9 heteroatoms. The first-order valence-electron chi connectivity index (χ1n) is 9.66. The molecule has 6 nitrogen and oxygen atoms in total. The van der Waals surface area contributed by atoms with E-state index in [4.69, 9.17) is 0 Å². The Morgan fingerprint density at radius 1 is 1.21 bits per heavy atom. The molecular weight excluding hydrogens is 519 g/mol. The number of nitrogens with zero attached hydrogens (tertiary/aromatic N) is 3. The van der Waals surface area contributed by atoms with E-state index in [0.717, 1.165) is 30.2 Å². The number of anilines is 1. The van der Waals surface area contributed by atoms with Gasteiger partial charge < -0.3 is 10.2 Å². The fourth-order valence-corrected chi connectivity index (χ4v) is 6.44. The number of fused-ring (bicyclic) bond motifs is 1. The highest BCUT2D eigenvalue weighted by Crippen LogP contribution is 2.28. The Morgan fingerprint density at radius 3 is 2.62 bits per heavy atom. The summed E-state index contributed by atoms with van der Waals surface area (Å²) in [5, 5.41) is 3.42. The molecule has 160 valence electrons. The van der Waals surface area contributed by atoms with E-state index in [1.165, 1.54) is 26.9 Å². The van der Waals surface area contributed by atoms with Gasteiger partial charge in [-0.1, -0.05) is 32.0 Å². The highest BCUT2D eigenvalue weighted by molar-refractivity contribution is 14.0. The molecule has 1 aromatic heterocycles. The quantitative estimate of drug-likeness (QED) is 0.327. The number of thiophene rings is 1. The number of benzene rings is 1. The van der Waals surface area contributed by atoms with Crippen molar-refractivity contribution in [3.05, 3.63) is 46.8 Å². The first-order valence-corrected chi connectivity index (χ1v) is 11.9. The van der Waals surface area contributed by atoms with Gasteiger partial charge in [-0.15, -0.1) is 35.3 Å². The van der Waals surface area contributed by atoms with E-state index in [9.17, 15) is 8.42 Å². The Hall–Kier alpha value is -1.17. The molecule has 2 heterocycles. The van der Waals surface area contributed by atoms with E-state index in [1.807, 2.05) is 26.0 Å². The fourth-order valence-electron chi connectivity index (χ4n) is 3.47. The molecule has 3 rings (SSSR count). The van der Waals surface area contributed by atoms with E-state index < -0.39 is 10.0 Å². The second kappa shape index (κ2) is 10.7. The minimum absolute atomic E-state index is 0. The molecule has 0 spiro atoms. The molecule has 0 radical (unpaired) electrons. The van der Waals surface area contributed by atoms with Crippen molar-refractivity contribution in [3.63, 3.8) is 0 Å². The van der Waals surface area contributed by atoms with Crippen molar-refractivity contribution in [3.8, 4) is 0 Å². The third-order valence-electron chi connectivity index (χ3n) is 4.95. The predicted octanol–water partition coefficient (Wildman–Crippen LogP) is 3.58. The molecule has 0 saturated carbocycles. The van der Waals surface area contributed by atoms with Crippen molar-refractivity contribution in [2.45, 2.75) is 30.9 Å². The summed E-state index contributed by atoms with van der Waals surface area (Å²) in [6, 6.07) is 12.0. The SMILES string of the molecule is CCN(CC)S(=O)(=O)c1ccc(CCNC(=NC)N2CCc3ccccc32)s1.I. The van der Waals surface area contributed by atoms with E-state index in [0.29, 0.717) is 23.8 Å². The fraction of sp³-hybridized carbons (Fsp3) is 0.450. The number of para-hydroxylation sites is 1. The summed E-state index contributed by atoms with van der Waals surface area (Å²) >= 11 is 1.36. The van der Waals surface area contributed by atoms with Gasteiger partial charge in [0.25, 0.3) is 10.0 Å². The molecule has 0 fully saturated rings. The smallest absolute Gasteiger partial charge is 0.252 e. The summed E-state index contributed by atoms with van der Waals surface area (Å²) in [5.74, 6) is 0.859. The minimum atomic E-state index is -3.37. The van der Waals surface area contributed by atoms with Gasteiger partial charge in [0.2, 0.25) is 0 Å². The first-order chi connectivity index (χ1) is 13.5. The summed E-state index contributed by atoms with van der Waals surface area (Å²) in [5.41, 5.74) is 2.55. The van der Waals surface area contributed by atoms with Crippen LogP contribution in [0.4, 0.5) is 5.69 Å². The number of sulfonamides is 1. The van der Waals surface area contributed by atoms with Crippen LogP contribution in [0, 0.1) is 0 Å². The largest absolute Gasteiger partial charge is 0.356 e. The number of hydrogen-bond acceptors (Lipinski definition) is 4. The maximum atomic E-state index is 12.6. The van der Waals surface area contributed by atoms with Crippen LogP contribution in [0.3, 0.4) is 0 Å². The lowest BCUT2D eigenvalue weighted by Crippen LogP contribution is -2.41. The van der Waals surface area contributed by atoms with Crippen molar-refractivity contribution >= 4 is 57.0 Å². The highest BCUT2D eigenvalue weighted by Gasteiger charge is 2.24. The molecule has 29 heavy (non-hydrogen) atoms. The van der Waals surface area contributed by atoms with Gasteiger partial charge >= 0.3 is 0 Å². The van der Waals surface area contributed by atoms with Crippen LogP contribution < -0.4 is 10.2 Å². The lowest BCUT2D eigenvalue weighted by atomic mass is 10.2. The van der Waals surface area contributed by atoms with Crippen LogP contribution in [-0.4, -0.2) is 51.9 Å². The second-order valence-corrected chi connectivity index (χ2v) is 9.90. The van der Waals surface area contributed by atoms with Crippen molar-refractivity contribution < 1.29 is 8.42 Å². The third-order valence-corrected chi connectivity index (χ3v) is 8.61. The molecule has 2 aromatic rings. The molecule has 0 bridgehead atoms. The first kappa shape index (κ1) is 24.1. The minimum Gasteiger partial charge on any atom is -0.356 e. The van der Waals surface area contributed by atoms with Crippen LogP contribution in [0.5, 0.6) is 0 Å². The standard InChI is InChI=1S/C20H28N4O2S2.HI/c1-4-23(5-2)28(25,26)19-11-10-17(27-19)12-14-22-20(21-3)24-15-13-16-8-6-7-9-18(16)24;/h6-11H,4-5,12-15H2,1-3H3,(H,21,22);1H. The average Bonchev–Trinajstić information content (AvgIpc) is 3.34. The van der Waals surface area contributed by atoms with Crippen molar-refractivity contribution in [2.75, 3.05) is 38.1 Å². The third kappa shape index (κ3) is 5.31. The van der Waals surface area contributed by atoms with Crippen LogP contribution in [0.2, 0.25) is 0 Å². The Bertz CT molecular complexity index is 939. The lowest BCUT2D eigenvalue weighted by Gasteiger charge is -2.22. The van der Waals surface area contributed by atoms with Crippen LogP contribution in [0.15, 0.2) is 45.6 Å². The number of aliphatic imine (C=N–C) groups is 1. The van der Waals surface area contributed by atoms with Gasteiger partial charge in [-0.2, -0.15) is 4.31 Å². The van der Waals surface area contributed by atoms with Gasteiger partial charge in [0.15, 0.2) is 5.96 Å². The lowest BCUT2D eigenvalue weighted by molar-refractivity contribution is 0.447. The van der Waals surface area contributed by atoms with Gasteiger partial charge in [-0.05, 0) is 36.6 Å². The molecule has 0 atom stereocenters. The predicted molar refractivity (Wildman–Crippen MR) is 132 cm³/mol. The molecule has 0 unspecified atom stereocenters. The summed E-state index contributed by atoms with van der Waals surface area (Å²) in [6.07, 6.45) is 1.78. The molecule has 1 aromatic carbocycles. The highest BCUT2D eigenvalue weighted by atomic mass is 127. The van der Waals surface area contributed by atoms with Gasteiger partial charge in [0, 0.05) is 43.8 Å². The molecule has 1 N–H and O–H groups in total. The van der Waals surface area contributed by atoms with Crippen LogP contribution >= 0.6 is 35.3 Å². The second-order valence-electron chi connectivity index (χ2n) is 6.56. The Kier molecular flexibility index (Phi) is 8.92. The van der Waals surface area contributed by atoms with Gasteiger partial charge in [0.05, 0.1) is 0 Å². The summed E-state index contributed by atoms with van der Waals surface area (Å²) < 4.78 is 27.2. The number of rotatable bonds is 7. The monoisotopic (exact) mass is 548 g/mol. The molecule has 0 amide bonds. The van der Waals surface area contributed by atoms with Gasteiger partial charge in [-0.25, -0.2) is 8.42 Å². The Balaban J connectivity index is 0.00000300. The van der Waals surface area contributed by atoms with Crippen LogP contribution in [-0.2, 0) is 22.9 Å². The maximum absolute atomic E-state index is 12.6. The average molecular weight is 549 g/mol. The van der Waals surface area contributed by atoms with Gasteiger partial charge in [-0.3, -0.25) is 4.99 Å². The number of hydrogen-bond donors (Lipinski definition) is 1. The normalized spacial score (nSPS) is 14.1. The summed E-state index contributed by atoms with van der Waals surface area (Å²) in [7, 11) is -1.58. The van der Waals surface area contributed by atoms with Gasteiger partial charge in [0.1, 0.15) is 4.21 Å². The van der Waals surface area contributed by atoms with Crippen molar-refractivity contribution in [2.24, 2.45) is 4.99 Å². The topological polar surface area (TPSA) is 65.0 Å². The molecule has 0 saturated heterocycles. The van der Waals surface area contributed by atoms with E-state index in [2.05, 4.69) is 33.4 Å². The number of guanidine groups is 1. The van der Waals surface area contributed by atoms with Crippen LogP contribution in [0.1, 0.15) is 24.3 Å². The Morgan fingerprint density at radius 2 is 1.93 bits per heavy atom. The van der Waals surface area contributed by atoms with Crippen molar-refractivity contribution in [1.29, 1.82) is 0 Å². The number of nitrogens with one attached hydrogen (secondary N) is 1.